The smallest absolute Gasteiger partial charge is 0.336 e. The zero-order valence-electron chi connectivity index (χ0n) is 14.1. The van der Waals surface area contributed by atoms with Gasteiger partial charge in [-0.2, -0.15) is 0 Å². The SMILES string of the molecule is C=CC(=O)OCCCCCCc1c(C(=O)O)ccc(C(=O)O)c1C(=O)O. The van der Waals surface area contributed by atoms with Gasteiger partial charge >= 0.3 is 23.9 Å². The number of aromatic carboxylic acids is 3. The van der Waals surface area contributed by atoms with Gasteiger partial charge in [0.1, 0.15) is 0 Å². The van der Waals surface area contributed by atoms with E-state index < -0.39 is 35.0 Å². The van der Waals surface area contributed by atoms with Crippen LogP contribution in [-0.2, 0) is 16.0 Å². The number of benzene rings is 1. The minimum absolute atomic E-state index is 0.00276. The highest BCUT2D eigenvalue weighted by Crippen LogP contribution is 2.23. The Labute approximate surface area is 149 Å². The number of carbonyl (C=O) groups is 4. The topological polar surface area (TPSA) is 138 Å². The fourth-order valence-corrected chi connectivity index (χ4v) is 2.52. The quantitative estimate of drug-likeness (QED) is 0.309. The van der Waals surface area contributed by atoms with Crippen LogP contribution in [-0.4, -0.2) is 45.8 Å². The summed E-state index contributed by atoms with van der Waals surface area (Å²) in [6.45, 7) is 3.51. The van der Waals surface area contributed by atoms with Gasteiger partial charge in [0.2, 0.25) is 0 Å². The summed E-state index contributed by atoms with van der Waals surface area (Å²) >= 11 is 0. The van der Waals surface area contributed by atoms with Crippen LogP contribution in [0.2, 0.25) is 0 Å². The summed E-state index contributed by atoms with van der Waals surface area (Å²) in [5.41, 5.74) is -1.14. The van der Waals surface area contributed by atoms with Crippen LogP contribution in [0.5, 0.6) is 0 Å². The predicted molar refractivity (Wildman–Crippen MR) is 90.6 cm³/mol. The number of ether oxygens (including phenoxy) is 1. The second kappa shape index (κ2) is 9.97. The molecular formula is C18H20O8. The van der Waals surface area contributed by atoms with Gasteiger partial charge in [0.05, 0.1) is 23.3 Å². The summed E-state index contributed by atoms with van der Waals surface area (Å²) in [5.74, 6) is -4.72. The number of hydrogen-bond donors (Lipinski definition) is 3. The van der Waals surface area contributed by atoms with Gasteiger partial charge in [-0.25, -0.2) is 19.2 Å². The molecule has 8 heteroatoms. The van der Waals surface area contributed by atoms with Gasteiger partial charge in [-0.3, -0.25) is 0 Å². The first-order chi connectivity index (χ1) is 12.3. The van der Waals surface area contributed by atoms with Crippen LogP contribution in [0.25, 0.3) is 0 Å². The van der Waals surface area contributed by atoms with Crippen molar-refractivity contribution in [2.24, 2.45) is 0 Å². The number of rotatable bonds is 11. The third kappa shape index (κ3) is 5.73. The molecule has 0 unspecified atom stereocenters. The maximum atomic E-state index is 11.5. The average Bonchev–Trinajstić information content (AvgIpc) is 2.59. The van der Waals surface area contributed by atoms with Crippen molar-refractivity contribution in [2.75, 3.05) is 6.61 Å². The van der Waals surface area contributed by atoms with E-state index in [1.54, 1.807) is 0 Å². The molecule has 0 saturated carbocycles. The molecule has 8 nitrogen and oxygen atoms in total. The molecule has 0 aliphatic carbocycles. The zero-order chi connectivity index (χ0) is 19.7. The largest absolute Gasteiger partial charge is 0.478 e. The van der Waals surface area contributed by atoms with Crippen molar-refractivity contribution in [3.05, 3.63) is 47.0 Å². The van der Waals surface area contributed by atoms with Gasteiger partial charge in [0.15, 0.2) is 0 Å². The summed E-state index contributed by atoms with van der Waals surface area (Å²) in [5, 5.41) is 27.7. The maximum absolute atomic E-state index is 11.5. The first-order valence-electron chi connectivity index (χ1n) is 7.94. The van der Waals surface area contributed by atoms with E-state index >= 15 is 0 Å². The molecule has 140 valence electrons. The number of carbonyl (C=O) groups excluding carboxylic acids is 1. The monoisotopic (exact) mass is 364 g/mol. The normalized spacial score (nSPS) is 10.2. The van der Waals surface area contributed by atoms with E-state index in [0.29, 0.717) is 25.7 Å². The Hall–Kier alpha value is -3.16. The van der Waals surface area contributed by atoms with Crippen LogP contribution in [0.1, 0.15) is 62.3 Å². The van der Waals surface area contributed by atoms with Crippen LogP contribution in [0.3, 0.4) is 0 Å². The molecule has 1 aromatic rings. The Morgan fingerprint density at radius 1 is 0.885 bits per heavy atom. The molecular weight excluding hydrogens is 344 g/mol. The third-order valence-electron chi connectivity index (χ3n) is 3.72. The molecule has 1 aromatic carbocycles. The Bertz CT molecular complexity index is 720. The van der Waals surface area contributed by atoms with Crippen LogP contribution < -0.4 is 0 Å². The number of unbranched alkanes of at least 4 members (excludes halogenated alkanes) is 3. The molecule has 0 aromatic heterocycles. The van der Waals surface area contributed by atoms with Gasteiger partial charge in [0.25, 0.3) is 0 Å². The van der Waals surface area contributed by atoms with Crippen molar-refractivity contribution in [3.63, 3.8) is 0 Å². The van der Waals surface area contributed by atoms with E-state index in [2.05, 4.69) is 6.58 Å². The fourth-order valence-electron chi connectivity index (χ4n) is 2.52. The van der Waals surface area contributed by atoms with Crippen LogP contribution in [0.4, 0.5) is 0 Å². The summed E-state index contributed by atoms with van der Waals surface area (Å²) in [6.07, 6.45) is 3.59. The molecule has 0 bridgehead atoms. The van der Waals surface area contributed by atoms with Crippen molar-refractivity contribution in [2.45, 2.75) is 32.1 Å². The molecule has 0 aliphatic heterocycles. The van der Waals surface area contributed by atoms with E-state index in [1.165, 1.54) is 0 Å². The molecule has 0 atom stereocenters. The number of carboxylic acid groups (broad SMARTS) is 3. The van der Waals surface area contributed by atoms with Crippen molar-refractivity contribution >= 4 is 23.9 Å². The Morgan fingerprint density at radius 3 is 2.00 bits per heavy atom. The zero-order valence-corrected chi connectivity index (χ0v) is 14.1. The summed E-state index contributed by atoms with van der Waals surface area (Å²) in [6, 6.07) is 2.11. The Balaban J connectivity index is 2.80. The van der Waals surface area contributed by atoms with Crippen molar-refractivity contribution in [1.82, 2.24) is 0 Å². The molecule has 26 heavy (non-hydrogen) atoms. The van der Waals surface area contributed by atoms with Gasteiger partial charge in [-0.05, 0) is 37.0 Å². The fraction of sp³-hybridized carbons (Fsp3) is 0.333. The Kier molecular flexibility index (Phi) is 8.01. The first kappa shape index (κ1) is 20.9. The van der Waals surface area contributed by atoms with Crippen molar-refractivity contribution in [1.29, 1.82) is 0 Å². The number of esters is 1. The van der Waals surface area contributed by atoms with Gasteiger partial charge < -0.3 is 20.1 Å². The van der Waals surface area contributed by atoms with E-state index in [1.807, 2.05) is 0 Å². The van der Waals surface area contributed by atoms with Crippen LogP contribution in [0, 0.1) is 0 Å². The molecule has 0 fully saturated rings. The van der Waals surface area contributed by atoms with E-state index in [-0.39, 0.29) is 24.2 Å². The van der Waals surface area contributed by atoms with Crippen LogP contribution in [0.15, 0.2) is 24.8 Å². The third-order valence-corrected chi connectivity index (χ3v) is 3.72. The summed E-state index contributed by atoms with van der Waals surface area (Å²) in [7, 11) is 0. The lowest BCUT2D eigenvalue weighted by atomic mass is 9.91. The average molecular weight is 364 g/mol. The van der Waals surface area contributed by atoms with E-state index in [0.717, 1.165) is 18.2 Å². The van der Waals surface area contributed by atoms with Gasteiger partial charge in [-0.1, -0.05) is 19.4 Å². The highest BCUT2D eigenvalue weighted by molar-refractivity contribution is 6.05. The second-order valence-electron chi connectivity index (χ2n) is 5.47. The first-order valence-corrected chi connectivity index (χ1v) is 7.94. The second-order valence-corrected chi connectivity index (χ2v) is 5.47. The minimum atomic E-state index is -1.48. The highest BCUT2D eigenvalue weighted by Gasteiger charge is 2.24. The highest BCUT2D eigenvalue weighted by atomic mass is 16.5. The summed E-state index contributed by atoms with van der Waals surface area (Å²) < 4.78 is 4.82. The molecule has 3 N–H and O–H groups in total. The summed E-state index contributed by atoms with van der Waals surface area (Å²) in [4.78, 5) is 44.9. The lowest BCUT2D eigenvalue weighted by Gasteiger charge is -2.12. The standard InChI is InChI=1S/C18H20O8/c1-2-14(19)26-10-6-4-3-5-7-11-12(16(20)21)8-9-13(17(22)23)15(11)18(24)25/h2,8-9H,1,3-7,10H2,(H,20,21)(H,22,23)(H,24,25). The maximum Gasteiger partial charge on any atom is 0.336 e. The molecule has 0 radical (unpaired) electrons. The van der Waals surface area contributed by atoms with E-state index in [4.69, 9.17) is 9.84 Å². The van der Waals surface area contributed by atoms with E-state index in [9.17, 15) is 29.4 Å². The molecule has 0 spiro atoms. The molecule has 0 aliphatic rings. The lowest BCUT2D eigenvalue weighted by Crippen LogP contribution is -2.16. The Morgan fingerprint density at radius 2 is 1.46 bits per heavy atom. The number of hydrogen-bond acceptors (Lipinski definition) is 5. The van der Waals surface area contributed by atoms with Gasteiger partial charge in [0, 0.05) is 6.08 Å². The minimum Gasteiger partial charge on any atom is -0.478 e. The molecule has 1 rings (SSSR count). The van der Waals surface area contributed by atoms with Gasteiger partial charge in [-0.15, -0.1) is 0 Å². The molecule has 0 heterocycles. The van der Waals surface area contributed by atoms with Crippen molar-refractivity contribution in [3.8, 4) is 0 Å². The lowest BCUT2D eigenvalue weighted by molar-refractivity contribution is -0.137. The predicted octanol–water partition coefficient (Wildman–Crippen LogP) is 2.61. The van der Waals surface area contributed by atoms with Crippen LogP contribution >= 0.6 is 0 Å². The molecule has 0 amide bonds. The van der Waals surface area contributed by atoms with Crippen molar-refractivity contribution < 1.29 is 39.2 Å². The number of carboxylic acids is 3. The molecule has 0 saturated heterocycles.